The molecule has 0 aliphatic heterocycles. The van der Waals surface area contributed by atoms with Gasteiger partial charge in [0.05, 0.1) is 18.2 Å². The van der Waals surface area contributed by atoms with E-state index in [2.05, 4.69) is 4.74 Å². The van der Waals surface area contributed by atoms with Gasteiger partial charge in [-0.1, -0.05) is 18.2 Å². The lowest BCUT2D eigenvalue weighted by atomic mass is 10.0. The maximum absolute atomic E-state index is 12.3. The molecule has 0 aliphatic carbocycles. The van der Waals surface area contributed by atoms with Crippen LogP contribution in [0, 0.1) is 0 Å². The van der Waals surface area contributed by atoms with Crippen LogP contribution in [0.1, 0.15) is 18.1 Å². The molecule has 0 aromatic heterocycles. The van der Waals surface area contributed by atoms with E-state index in [4.69, 9.17) is 0 Å². The molecule has 0 spiro atoms. The molecule has 0 saturated carbocycles. The summed E-state index contributed by atoms with van der Waals surface area (Å²) in [5, 5.41) is 0. The standard InChI is InChI=1S/C12H11F3O2/c1-3-10(11(16)17-2)8-4-6-9(7-5-8)12(13,14)15/h3-7H,1-2H3. The van der Waals surface area contributed by atoms with E-state index in [-0.39, 0.29) is 5.57 Å². The van der Waals surface area contributed by atoms with Crippen LogP contribution < -0.4 is 0 Å². The molecule has 1 rings (SSSR count). The largest absolute Gasteiger partial charge is 0.465 e. The summed E-state index contributed by atoms with van der Waals surface area (Å²) in [5.74, 6) is -0.577. The van der Waals surface area contributed by atoms with E-state index in [0.29, 0.717) is 5.56 Å². The molecule has 0 radical (unpaired) electrons. The fourth-order valence-electron chi connectivity index (χ4n) is 1.35. The summed E-state index contributed by atoms with van der Waals surface area (Å²) in [6.45, 7) is 1.62. The average Bonchev–Trinajstić information content (AvgIpc) is 2.29. The predicted octanol–water partition coefficient (Wildman–Crippen LogP) is 3.28. The summed E-state index contributed by atoms with van der Waals surface area (Å²) in [4.78, 5) is 11.3. The zero-order chi connectivity index (χ0) is 13.1. The number of hydrogen-bond donors (Lipinski definition) is 0. The zero-order valence-corrected chi connectivity index (χ0v) is 9.34. The van der Waals surface area contributed by atoms with E-state index in [1.54, 1.807) is 6.92 Å². The van der Waals surface area contributed by atoms with Gasteiger partial charge in [0.15, 0.2) is 0 Å². The van der Waals surface area contributed by atoms with E-state index in [0.717, 1.165) is 12.1 Å². The Morgan fingerprint density at radius 3 is 2.12 bits per heavy atom. The molecule has 92 valence electrons. The molecular formula is C12H11F3O2. The molecule has 0 bridgehead atoms. The van der Waals surface area contributed by atoms with Gasteiger partial charge < -0.3 is 4.74 Å². The Labute approximate surface area is 96.7 Å². The number of alkyl halides is 3. The first kappa shape index (κ1) is 13.3. The molecule has 0 aliphatic rings. The molecule has 0 atom stereocenters. The van der Waals surface area contributed by atoms with Crippen LogP contribution in [0.4, 0.5) is 13.2 Å². The van der Waals surface area contributed by atoms with Crippen molar-refractivity contribution in [2.24, 2.45) is 0 Å². The van der Waals surface area contributed by atoms with Crippen LogP contribution >= 0.6 is 0 Å². The number of allylic oxidation sites excluding steroid dienone is 1. The van der Waals surface area contributed by atoms with Crippen molar-refractivity contribution < 1.29 is 22.7 Å². The van der Waals surface area contributed by atoms with Crippen molar-refractivity contribution in [2.75, 3.05) is 7.11 Å². The Morgan fingerprint density at radius 1 is 1.24 bits per heavy atom. The maximum Gasteiger partial charge on any atom is 0.416 e. The minimum atomic E-state index is -4.38. The number of halogens is 3. The first-order valence-corrected chi connectivity index (χ1v) is 4.82. The molecular weight excluding hydrogens is 233 g/mol. The van der Waals surface area contributed by atoms with Gasteiger partial charge in [-0.05, 0) is 24.6 Å². The van der Waals surface area contributed by atoms with Crippen molar-refractivity contribution in [1.29, 1.82) is 0 Å². The van der Waals surface area contributed by atoms with Crippen LogP contribution in [-0.2, 0) is 15.7 Å². The minimum Gasteiger partial charge on any atom is -0.465 e. The summed E-state index contributed by atoms with van der Waals surface area (Å²) < 4.78 is 41.5. The molecule has 17 heavy (non-hydrogen) atoms. The highest BCUT2D eigenvalue weighted by Gasteiger charge is 2.30. The van der Waals surface area contributed by atoms with E-state index in [9.17, 15) is 18.0 Å². The first-order valence-electron chi connectivity index (χ1n) is 4.82. The molecule has 2 nitrogen and oxygen atoms in total. The molecule has 1 aromatic carbocycles. The van der Waals surface area contributed by atoms with Gasteiger partial charge in [-0.15, -0.1) is 0 Å². The van der Waals surface area contributed by atoms with Crippen molar-refractivity contribution >= 4 is 11.5 Å². The lowest BCUT2D eigenvalue weighted by Crippen LogP contribution is -2.06. The number of rotatable bonds is 2. The van der Waals surface area contributed by atoms with Gasteiger partial charge in [-0.3, -0.25) is 0 Å². The lowest BCUT2D eigenvalue weighted by molar-refractivity contribution is -0.137. The van der Waals surface area contributed by atoms with Gasteiger partial charge in [0.1, 0.15) is 0 Å². The second-order valence-corrected chi connectivity index (χ2v) is 3.27. The van der Waals surface area contributed by atoms with Gasteiger partial charge in [-0.2, -0.15) is 13.2 Å². The summed E-state index contributed by atoms with van der Waals surface area (Å²) in [6.07, 6.45) is -2.88. The van der Waals surface area contributed by atoms with Crippen molar-refractivity contribution in [3.05, 3.63) is 41.5 Å². The lowest BCUT2D eigenvalue weighted by Gasteiger charge is -2.08. The van der Waals surface area contributed by atoms with Gasteiger partial charge in [-0.25, -0.2) is 4.79 Å². The number of methoxy groups -OCH3 is 1. The topological polar surface area (TPSA) is 26.3 Å². The zero-order valence-electron chi connectivity index (χ0n) is 9.34. The molecule has 0 fully saturated rings. The fourth-order valence-corrected chi connectivity index (χ4v) is 1.35. The van der Waals surface area contributed by atoms with Gasteiger partial charge >= 0.3 is 12.1 Å². The van der Waals surface area contributed by atoms with Crippen LogP contribution in [0.25, 0.3) is 5.57 Å². The van der Waals surface area contributed by atoms with Gasteiger partial charge in [0, 0.05) is 0 Å². The number of carbonyl (C=O) groups is 1. The van der Waals surface area contributed by atoms with Crippen LogP contribution in [-0.4, -0.2) is 13.1 Å². The molecule has 0 heterocycles. The number of hydrogen-bond acceptors (Lipinski definition) is 2. The fraction of sp³-hybridized carbons (Fsp3) is 0.250. The molecule has 5 heteroatoms. The maximum atomic E-state index is 12.3. The highest BCUT2D eigenvalue weighted by molar-refractivity contribution is 6.16. The highest BCUT2D eigenvalue weighted by Crippen LogP contribution is 2.30. The van der Waals surface area contributed by atoms with Crippen LogP contribution in [0.15, 0.2) is 30.3 Å². The Hall–Kier alpha value is -1.78. The predicted molar refractivity (Wildman–Crippen MR) is 57.1 cm³/mol. The third kappa shape index (κ3) is 3.09. The summed E-state index contributed by atoms with van der Waals surface area (Å²) in [6, 6.07) is 4.35. The number of benzene rings is 1. The monoisotopic (exact) mass is 244 g/mol. The Morgan fingerprint density at radius 2 is 1.76 bits per heavy atom. The quantitative estimate of drug-likeness (QED) is 0.589. The smallest absolute Gasteiger partial charge is 0.416 e. The molecule has 0 amide bonds. The van der Waals surface area contributed by atoms with Crippen molar-refractivity contribution in [2.45, 2.75) is 13.1 Å². The molecule has 0 saturated heterocycles. The second kappa shape index (κ2) is 5.03. The van der Waals surface area contributed by atoms with Crippen LogP contribution in [0.2, 0.25) is 0 Å². The van der Waals surface area contributed by atoms with Crippen molar-refractivity contribution in [1.82, 2.24) is 0 Å². The number of ether oxygens (including phenoxy) is 1. The van der Waals surface area contributed by atoms with Crippen molar-refractivity contribution in [3.8, 4) is 0 Å². The van der Waals surface area contributed by atoms with Crippen LogP contribution in [0.5, 0.6) is 0 Å². The third-order valence-corrected chi connectivity index (χ3v) is 2.22. The molecule has 0 N–H and O–H groups in total. The normalized spacial score (nSPS) is 12.4. The van der Waals surface area contributed by atoms with Crippen molar-refractivity contribution in [3.63, 3.8) is 0 Å². The first-order chi connectivity index (χ1) is 7.90. The Kier molecular flexibility index (Phi) is 3.93. The average molecular weight is 244 g/mol. The van der Waals surface area contributed by atoms with E-state index in [1.165, 1.54) is 25.3 Å². The summed E-state index contributed by atoms with van der Waals surface area (Å²) in [7, 11) is 1.22. The third-order valence-electron chi connectivity index (χ3n) is 2.22. The summed E-state index contributed by atoms with van der Waals surface area (Å²) >= 11 is 0. The highest BCUT2D eigenvalue weighted by atomic mass is 19.4. The summed E-state index contributed by atoms with van der Waals surface area (Å²) in [5.41, 5.74) is -0.116. The second-order valence-electron chi connectivity index (χ2n) is 3.27. The van der Waals surface area contributed by atoms with E-state index >= 15 is 0 Å². The van der Waals surface area contributed by atoms with Gasteiger partial charge in [0.2, 0.25) is 0 Å². The SMILES string of the molecule is CC=C(C(=O)OC)c1ccc(C(F)(F)F)cc1. The Balaban J connectivity index is 3.06. The van der Waals surface area contributed by atoms with Gasteiger partial charge in [0.25, 0.3) is 0 Å². The van der Waals surface area contributed by atoms with E-state index in [1.807, 2.05) is 0 Å². The van der Waals surface area contributed by atoms with Crippen LogP contribution in [0.3, 0.4) is 0 Å². The Bertz CT molecular complexity index is 430. The minimum absolute atomic E-state index is 0.237. The molecule has 1 aromatic rings. The molecule has 0 unspecified atom stereocenters. The van der Waals surface area contributed by atoms with E-state index < -0.39 is 17.7 Å². The number of esters is 1. The number of carbonyl (C=O) groups excluding carboxylic acids is 1.